The summed E-state index contributed by atoms with van der Waals surface area (Å²) in [6, 6.07) is 10.4. The number of hydrogen-bond donors (Lipinski definition) is 0. The summed E-state index contributed by atoms with van der Waals surface area (Å²) in [5.41, 5.74) is 2.67. The number of likely N-dealkylation sites (tertiary alicyclic amines) is 1. The van der Waals surface area contributed by atoms with Crippen molar-refractivity contribution >= 4 is 28.6 Å². The minimum absolute atomic E-state index is 0.0273. The van der Waals surface area contributed by atoms with Gasteiger partial charge in [0.25, 0.3) is 0 Å². The van der Waals surface area contributed by atoms with Crippen LogP contribution >= 0.6 is 11.6 Å². The van der Waals surface area contributed by atoms with Gasteiger partial charge in [-0.05, 0) is 49.6 Å². The van der Waals surface area contributed by atoms with Gasteiger partial charge in [0.05, 0.1) is 48.9 Å². The molecule has 0 N–H and O–H groups in total. The van der Waals surface area contributed by atoms with E-state index < -0.39 is 5.82 Å². The Morgan fingerprint density at radius 1 is 1.18 bits per heavy atom. The standard InChI is InChI=1S/C28H30ClFN6O4/c1-38-27(37)18-3-5-24-25(12-18)35(14-22-8-11-39-22)26(32-24)15-34-9-6-21(7-10-34)36-17-31-28(33-36)40-16-19-2-4-20(29)13-23(19)30/h2-5,12-13,17,21-22H,6-11,14-16H2,1H3/t22-/m0/s1. The van der Waals surface area contributed by atoms with E-state index in [1.807, 2.05) is 16.8 Å². The molecule has 10 nitrogen and oxygen atoms in total. The van der Waals surface area contributed by atoms with Gasteiger partial charge in [0.2, 0.25) is 0 Å². The molecule has 0 spiro atoms. The molecule has 2 saturated heterocycles. The molecule has 2 aliphatic heterocycles. The van der Waals surface area contributed by atoms with Crippen LogP contribution in [0.1, 0.15) is 47.1 Å². The number of esters is 1. The van der Waals surface area contributed by atoms with Crippen molar-refractivity contribution < 1.29 is 23.4 Å². The van der Waals surface area contributed by atoms with Gasteiger partial charge in [-0.15, -0.1) is 5.10 Å². The summed E-state index contributed by atoms with van der Waals surface area (Å²) in [6.45, 7) is 3.94. The second-order valence-electron chi connectivity index (χ2n) is 10.2. The van der Waals surface area contributed by atoms with Crippen molar-refractivity contribution in [1.82, 2.24) is 29.2 Å². The first kappa shape index (κ1) is 26.7. The third kappa shape index (κ3) is 5.67. The van der Waals surface area contributed by atoms with Crippen molar-refractivity contribution in [3.8, 4) is 6.01 Å². The van der Waals surface area contributed by atoms with Crippen LogP contribution in [0.2, 0.25) is 5.02 Å². The van der Waals surface area contributed by atoms with E-state index in [-0.39, 0.29) is 30.7 Å². The number of fused-ring (bicyclic) bond motifs is 1. The number of nitrogens with zero attached hydrogens (tertiary/aromatic N) is 6. The van der Waals surface area contributed by atoms with Crippen LogP contribution in [0.25, 0.3) is 11.0 Å². The van der Waals surface area contributed by atoms with Gasteiger partial charge in [0.1, 0.15) is 24.6 Å². The summed E-state index contributed by atoms with van der Waals surface area (Å²) in [5.74, 6) is 0.172. The number of hydrogen-bond acceptors (Lipinski definition) is 8. The Morgan fingerprint density at radius 2 is 2.00 bits per heavy atom. The van der Waals surface area contributed by atoms with Gasteiger partial charge in [-0.1, -0.05) is 17.7 Å². The minimum atomic E-state index is -0.419. The van der Waals surface area contributed by atoms with Crippen LogP contribution < -0.4 is 4.74 Å². The van der Waals surface area contributed by atoms with Crippen LogP contribution in [0.15, 0.2) is 42.7 Å². The zero-order valence-corrected chi connectivity index (χ0v) is 22.9. The smallest absolute Gasteiger partial charge is 0.337 e. The van der Waals surface area contributed by atoms with Crippen LogP contribution in [-0.4, -0.2) is 68.1 Å². The summed E-state index contributed by atoms with van der Waals surface area (Å²) < 4.78 is 34.3. The predicted octanol–water partition coefficient (Wildman–Crippen LogP) is 4.41. The highest BCUT2D eigenvalue weighted by Gasteiger charge is 2.26. The minimum Gasteiger partial charge on any atom is -0.465 e. The van der Waals surface area contributed by atoms with E-state index in [1.165, 1.54) is 13.2 Å². The van der Waals surface area contributed by atoms with Gasteiger partial charge >= 0.3 is 12.0 Å². The molecular weight excluding hydrogens is 539 g/mol. The van der Waals surface area contributed by atoms with E-state index in [0.29, 0.717) is 29.2 Å². The van der Waals surface area contributed by atoms with Gasteiger partial charge in [-0.2, -0.15) is 4.98 Å². The van der Waals surface area contributed by atoms with E-state index in [0.717, 1.165) is 55.8 Å². The summed E-state index contributed by atoms with van der Waals surface area (Å²) in [5, 5.41) is 4.81. The van der Waals surface area contributed by atoms with Gasteiger partial charge in [0, 0.05) is 30.3 Å². The summed E-state index contributed by atoms with van der Waals surface area (Å²) in [6.07, 6.45) is 4.63. The fourth-order valence-electron chi connectivity index (χ4n) is 5.20. The van der Waals surface area contributed by atoms with Crippen LogP contribution in [-0.2, 0) is 29.2 Å². The number of ether oxygens (including phenoxy) is 3. The van der Waals surface area contributed by atoms with Crippen molar-refractivity contribution in [3.05, 3.63) is 70.5 Å². The Balaban J connectivity index is 1.09. The molecule has 2 fully saturated rings. The third-order valence-electron chi connectivity index (χ3n) is 7.58. The zero-order chi connectivity index (χ0) is 27.6. The van der Waals surface area contributed by atoms with E-state index in [4.69, 9.17) is 30.8 Å². The van der Waals surface area contributed by atoms with Gasteiger partial charge in [-0.25, -0.2) is 18.9 Å². The molecule has 12 heteroatoms. The molecule has 0 unspecified atom stereocenters. The molecular formula is C28H30ClFN6O4. The first-order valence-corrected chi connectivity index (χ1v) is 13.7. The van der Waals surface area contributed by atoms with Crippen molar-refractivity contribution in [2.24, 2.45) is 0 Å². The molecule has 6 rings (SSSR count). The van der Waals surface area contributed by atoms with E-state index in [1.54, 1.807) is 24.5 Å². The van der Waals surface area contributed by atoms with Crippen molar-refractivity contribution in [2.75, 3.05) is 26.8 Å². The first-order valence-electron chi connectivity index (χ1n) is 13.4. The molecule has 2 aliphatic rings. The average Bonchev–Trinajstić information content (AvgIpc) is 3.54. The fraction of sp³-hybridized carbons (Fsp3) is 0.429. The fourth-order valence-corrected chi connectivity index (χ4v) is 5.36. The molecule has 0 aliphatic carbocycles. The molecule has 210 valence electrons. The number of halogens is 2. The number of imidazole rings is 1. The summed E-state index contributed by atoms with van der Waals surface area (Å²) >= 11 is 5.82. The molecule has 4 aromatic rings. The van der Waals surface area contributed by atoms with Crippen LogP contribution in [0, 0.1) is 5.82 Å². The Hall–Kier alpha value is -3.54. The molecule has 0 amide bonds. The van der Waals surface area contributed by atoms with E-state index in [2.05, 4.69) is 19.5 Å². The molecule has 2 aromatic heterocycles. The summed E-state index contributed by atoms with van der Waals surface area (Å²) in [4.78, 5) is 23.7. The normalized spacial score (nSPS) is 18.1. The van der Waals surface area contributed by atoms with Crippen LogP contribution in [0.3, 0.4) is 0 Å². The molecule has 0 saturated carbocycles. The quantitative estimate of drug-likeness (QED) is 0.274. The Bertz CT molecular complexity index is 1510. The Labute approximate surface area is 235 Å². The number of rotatable bonds is 9. The number of methoxy groups -OCH3 is 1. The molecule has 0 radical (unpaired) electrons. The molecule has 0 bridgehead atoms. The third-order valence-corrected chi connectivity index (χ3v) is 7.82. The molecule has 2 aromatic carbocycles. The highest BCUT2D eigenvalue weighted by molar-refractivity contribution is 6.30. The van der Waals surface area contributed by atoms with Crippen LogP contribution in [0.4, 0.5) is 4.39 Å². The SMILES string of the molecule is COC(=O)c1ccc2nc(CN3CCC(n4cnc(OCc5ccc(Cl)cc5F)n4)CC3)n(C[C@@H]3CCO3)c2c1. The van der Waals surface area contributed by atoms with Gasteiger partial charge in [-0.3, -0.25) is 4.90 Å². The molecule has 4 heterocycles. The monoisotopic (exact) mass is 568 g/mol. The lowest BCUT2D eigenvalue weighted by Gasteiger charge is -2.32. The van der Waals surface area contributed by atoms with Gasteiger partial charge < -0.3 is 18.8 Å². The number of carbonyl (C=O) groups is 1. The second-order valence-corrected chi connectivity index (χ2v) is 10.6. The van der Waals surface area contributed by atoms with Crippen LogP contribution in [0.5, 0.6) is 6.01 Å². The topological polar surface area (TPSA) is 96.5 Å². The lowest BCUT2D eigenvalue weighted by Crippen LogP contribution is -2.36. The zero-order valence-electron chi connectivity index (χ0n) is 22.1. The second kappa shape index (κ2) is 11.5. The van der Waals surface area contributed by atoms with Crippen molar-refractivity contribution in [1.29, 1.82) is 0 Å². The number of carbonyl (C=O) groups excluding carboxylic acids is 1. The maximum Gasteiger partial charge on any atom is 0.337 e. The summed E-state index contributed by atoms with van der Waals surface area (Å²) in [7, 11) is 1.39. The Morgan fingerprint density at radius 3 is 2.73 bits per heavy atom. The molecule has 40 heavy (non-hydrogen) atoms. The largest absolute Gasteiger partial charge is 0.465 e. The van der Waals surface area contributed by atoms with Crippen molar-refractivity contribution in [3.63, 3.8) is 0 Å². The first-order chi connectivity index (χ1) is 19.5. The number of benzene rings is 2. The number of aromatic nitrogens is 5. The lowest BCUT2D eigenvalue weighted by molar-refractivity contribution is -0.0592. The predicted molar refractivity (Wildman–Crippen MR) is 145 cm³/mol. The van der Waals surface area contributed by atoms with E-state index >= 15 is 0 Å². The van der Waals surface area contributed by atoms with E-state index in [9.17, 15) is 9.18 Å². The number of piperidine rings is 1. The van der Waals surface area contributed by atoms with Gasteiger partial charge in [0.15, 0.2) is 0 Å². The highest BCUT2D eigenvalue weighted by Crippen LogP contribution is 2.27. The lowest BCUT2D eigenvalue weighted by atomic mass is 10.1. The Kier molecular flexibility index (Phi) is 7.68. The maximum absolute atomic E-state index is 14.0. The highest BCUT2D eigenvalue weighted by atomic mass is 35.5. The molecule has 1 atom stereocenters. The maximum atomic E-state index is 14.0. The average molecular weight is 569 g/mol. The van der Waals surface area contributed by atoms with Crippen molar-refractivity contribution in [2.45, 2.75) is 51.1 Å².